The number of allylic oxidation sites excluding steroid dienone is 2. The van der Waals surface area contributed by atoms with Crippen LogP contribution in [0.2, 0.25) is 0 Å². The number of Topliss-reactive ketones (excluding diaryl/α,β-unsaturated/α-hetero) is 1. The molecule has 0 spiro atoms. The Morgan fingerprint density at radius 1 is 1.46 bits per heavy atom. The molecule has 1 fully saturated rings. The molecule has 1 saturated carbocycles. The van der Waals surface area contributed by atoms with E-state index < -0.39 is 0 Å². The van der Waals surface area contributed by atoms with Crippen LogP contribution in [0, 0.1) is 11.3 Å². The van der Waals surface area contributed by atoms with Crippen LogP contribution in [0.15, 0.2) is 12.2 Å². The fraction of sp³-hybridized carbons (Fsp3) is 0.750. The predicted molar refractivity (Wildman–Crippen MR) is 55.6 cm³/mol. The second-order valence-corrected chi connectivity index (χ2v) is 4.46. The van der Waals surface area contributed by atoms with Gasteiger partial charge in [0.15, 0.2) is 0 Å². The topological polar surface area (TPSA) is 17.1 Å². The second kappa shape index (κ2) is 4.08. The maximum absolute atomic E-state index is 11.4. The van der Waals surface area contributed by atoms with Gasteiger partial charge in [-0.2, -0.15) is 0 Å². The molecule has 0 aromatic heterocycles. The van der Waals surface area contributed by atoms with Crippen molar-refractivity contribution >= 4 is 5.78 Å². The Morgan fingerprint density at radius 3 is 2.62 bits per heavy atom. The Balaban J connectivity index is 2.82. The third-order valence-corrected chi connectivity index (χ3v) is 3.27. The minimum absolute atomic E-state index is 0.171. The Kier molecular flexibility index (Phi) is 3.29. The molecule has 1 aliphatic carbocycles. The SMILES string of the molecule is C/C=C/[C@@]1(C(C)C)CCCC(=O)C1. The van der Waals surface area contributed by atoms with Crippen LogP contribution < -0.4 is 0 Å². The average Bonchev–Trinajstić information content (AvgIpc) is 2.04. The molecule has 0 amide bonds. The van der Waals surface area contributed by atoms with Crippen LogP contribution in [0.3, 0.4) is 0 Å². The number of rotatable bonds is 2. The first-order valence-electron chi connectivity index (χ1n) is 5.26. The smallest absolute Gasteiger partial charge is 0.133 e. The van der Waals surface area contributed by atoms with Crippen molar-refractivity contribution in [1.29, 1.82) is 0 Å². The number of hydrogen-bond acceptors (Lipinski definition) is 1. The Labute approximate surface area is 81.2 Å². The molecule has 1 nitrogen and oxygen atoms in total. The summed E-state index contributed by atoms with van der Waals surface area (Å²) in [4.78, 5) is 11.4. The average molecular weight is 180 g/mol. The van der Waals surface area contributed by atoms with Gasteiger partial charge >= 0.3 is 0 Å². The van der Waals surface area contributed by atoms with Gasteiger partial charge in [-0.25, -0.2) is 0 Å². The van der Waals surface area contributed by atoms with Gasteiger partial charge in [-0.15, -0.1) is 0 Å². The van der Waals surface area contributed by atoms with Gasteiger partial charge in [0, 0.05) is 12.8 Å². The van der Waals surface area contributed by atoms with Gasteiger partial charge < -0.3 is 0 Å². The molecule has 13 heavy (non-hydrogen) atoms. The van der Waals surface area contributed by atoms with Crippen LogP contribution in [0.25, 0.3) is 0 Å². The Morgan fingerprint density at radius 2 is 2.15 bits per heavy atom. The normalized spacial score (nSPS) is 30.3. The van der Waals surface area contributed by atoms with Crippen molar-refractivity contribution in [3.05, 3.63) is 12.2 Å². The van der Waals surface area contributed by atoms with Crippen LogP contribution in [-0.2, 0) is 4.79 Å². The molecule has 74 valence electrons. The van der Waals surface area contributed by atoms with Gasteiger partial charge in [0.1, 0.15) is 5.78 Å². The summed E-state index contributed by atoms with van der Waals surface area (Å²) in [6, 6.07) is 0. The first kappa shape index (κ1) is 10.5. The van der Waals surface area contributed by atoms with Crippen LogP contribution in [0.5, 0.6) is 0 Å². The molecule has 0 heterocycles. The lowest BCUT2D eigenvalue weighted by Gasteiger charge is -2.37. The maximum atomic E-state index is 11.4. The summed E-state index contributed by atoms with van der Waals surface area (Å²) in [6.45, 7) is 6.49. The van der Waals surface area contributed by atoms with Gasteiger partial charge in [0.05, 0.1) is 0 Å². The monoisotopic (exact) mass is 180 g/mol. The van der Waals surface area contributed by atoms with Gasteiger partial charge in [-0.05, 0) is 31.1 Å². The zero-order valence-corrected chi connectivity index (χ0v) is 8.97. The zero-order chi connectivity index (χ0) is 9.90. The maximum Gasteiger partial charge on any atom is 0.133 e. The molecule has 0 bridgehead atoms. The summed E-state index contributed by atoms with van der Waals surface area (Å²) in [5, 5.41) is 0. The molecule has 0 unspecified atom stereocenters. The van der Waals surface area contributed by atoms with Crippen LogP contribution >= 0.6 is 0 Å². The van der Waals surface area contributed by atoms with Crippen molar-refractivity contribution in [2.24, 2.45) is 11.3 Å². The first-order chi connectivity index (χ1) is 6.10. The number of hydrogen-bond donors (Lipinski definition) is 0. The predicted octanol–water partition coefficient (Wildman–Crippen LogP) is 3.35. The molecular weight excluding hydrogens is 160 g/mol. The van der Waals surface area contributed by atoms with E-state index in [4.69, 9.17) is 0 Å². The minimum Gasteiger partial charge on any atom is -0.300 e. The summed E-state index contributed by atoms with van der Waals surface area (Å²) in [7, 11) is 0. The number of carbonyl (C=O) groups excluding carboxylic acids is 1. The first-order valence-corrected chi connectivity index (χ1v) is 5.26. The third kappa shape index (κ3) is 2.20. The van der Waals surface area contributed by atoms with E-state index in [1.165, 1.54) is 6.42 Å². The van der Waals surface area contributed by atoms with Gasteiger partial charge in [-0.3, -0.25) is 4.79 Å². The summed E-state index contributed by atoms with van der Waals surface area (Å²) in [5.74, 6) is 1.02. The Hall–Kier alpha value is -0.590. The van der Waals surface area contributed by atoms with E-state index in [0.717, 1.165) is 19.3 Å². The van der Waals surface area contributed by atoms with Crippen molar-refractivity contribution in [2.45, 2.75) is 46.5 Å². The van der Waals surface area contributed by atoms with E-state index in [-0.39, 0.29) is 5.41 Å². The fourth-order valence-electron chi connectivity index (χ4n) is 2.32. The van der Waals surface area contributed by atoms with Gasteiger partial charge in [0.2, 0.25) is 0 Å². The highest BCUT2D eigenvalue weighted by atomic mass is 16.1. The summed E-state index contributed by atoms with van der Waals surface area (Å²) in [5.41, 5.74) is 0.171. The Bertz CT molecular complexity index is 215. The molecule has 0 radical (unpaired) electrons. The van der Waals surface area contributed by atoms with Crippen LogP contribution in [-0.4, -0.2) is 5.78 Å². The lowest BCUT2D eigenvalue weighted by molar-refractivity contribution is -0.123. The molecular formula is C12H20O. The van der Waals surface area contributed by atoms with Gasteiger partial charge in [-0.1, -0.05) is 26.0 Å². The van der Waals surface area contributed by atoms with Crippen molar-refractivity contribution < 1.29 is 4.79 Å². The molecule has 0 N–H and O–H groups in total. The molecule has 1 atom stereocenters. The van der Waals surface area contributed by atoms with E-state index in [1.807, 2.05) is 6.92 Å². The zero-order valence-electron chi connectivity index (χ0n) is 8.97. The van der Waals surface area contributed by atoms with Crippen molar-refractivity contribution in [1.82, 2.24) is 0 Å². The number of ketones is 1. The highest BCUT2D eigenvalue weighted by molar-refractivity contribution is 5.80. The molecule has 1 aliphatic rings. The minimum atomic E-state index is 0.171. The van der Waals surface area contributed by atoms with Crippen molar-refractivity contribution in [3.8, 4) is 0 Å². The molecule has 0 saturated heterocycles. The summed E-state index contributed by atoms with van der Waals surface area (Å²) < 4.78 is 0. The lowest BCUT2D eigenvalue weighted by atomic mass is 9.66. The highest BCUT2D eigenvalue weighted by Gasteiger charge is 2.35. The molecule has 1 heteroatoms. The number of carbonyl (C=O) groups is 1. The molecule has 0 aromatic rings. The van der Waals surface area contributed by atoms with Crippen molar-refractivity contribution in [2.75, 3.05) is 0 Å². The lowest BCUT2D eigenvalue weighted by Crippen LogP contribution is -2.31. The standard InChI is InChI=1S/C12H20O/c1-4-7-12(10(2)3)8-5-6-11(13)9-12/h4,7,10H,5-6,8-9H2,1-3H3/b7-4+/t12-/m1/s1. The van der Waals surface area contributed by atoms with Gasteiger partial charge in [0.25, 0.3) is 0 Å². The van der Waals surface area contributed by atoms with Crippen molar-refractivity contribution in [3.63, 3.8) is 0 Å². The van der Waals surface area contributed by atoms with Crippen LogP contribution in [0.1, 0.15) is 46.5 Å². The van der Waals surface area contributed by atoms with Crippen LogP contribution in [0.4, 0.5) is 0 Å². The quantitative estimate of drug-likeness (QED) is 0.596. The largest absolute Gasteiger partial charge is 0.300 e. The van der Waals surface area contributed by atoms with E-state index in [1.54, 1.807) is 0 Å². The van der Waals surface area contributed by atoms with E-state index in [0.29, 0.717) is 11.7 Å². The highest BCUT2D eigenvalue weighted by Crippen LogP contribution is 2.42. The fourth-order valence-corrected chi connectivity index (χ4v) is 2.32. The summed E-state index contributed by atoms with van der Waals surface area (Å²) >= 11 is 0. The molecule has 0 aliphatic heterocycles. The van der Waals surface area contributed by atoms with E-state index >= 15 is 0 Å². The molecule has 0 aromatic carbocycles. The van der Waals surface area contributed by atoms with E-state index in [9.17, 15) is 4.79 Å². The molecule has 1 rings (SSSR count). The van der Waals surface area contributed by atoms with E-state index in [2.05, 4.69) is 26.0 Å². The second-order valence-electron chi connectivity index (χ2n) is 4.46. The third-order valence-electron chi connectivity index (χ3n) is 3.27. The summed E-state index contributed by atoms with van der Waals surface area (Å²) in [6.07, 6.45) is 8.15.